The lowest BCUT2D eigenvalue weighted by Crippen LogP contribution is -1.98. The van der Waals surface area contributed by atoms with Gasteiger partial charge in [-0.25, -0.2) is 9.97 Å². The molecule has 1 aromatic carbocycles. The van der Waals surface area contributed by atoms with Gasteiger partial charge in [0.2, 0.25) is 0 Å². The number of pyridine rings is 2. The summed E-state index contributed by atoms with van der Waals surface area (Å²) in [5.74, 6) is 1.81. The van der Waals surface area contributed by atoms with E-state index in [0.717, 1.165) is 16.5 Å². The molecule has 1 N–H and O–H groups in total. The zero-order valence-electron chi connectivity index (χ0n) is 11.7. The number of aromatic nitrogens is 2. The average molecular weight is 296 g/mol. The number of benzene rings is 1. The number of rotatable bonds is 4. The Hall–Kier alpha value is -3.22. The van der Waals surface area contributed by atoms with Crippen molar-refractivity contribution in [3.63, 3.8) is 0 Å². The fourth-order valence-corrected chi connectivity index (χ4v) is 2.06. The smallest absolute Gasteiger partial charge is 0.287 e. The van der Waals surface area contributed by atoms with Crippen LogP contribution in [0.1, 0.15) is 0 Å². The molecule has 110 valence electrons. The summed E-state index contributed by atoms with van der Waals surface area (Å²) in [6, 6.07) is 10.5. The van der Waals surface area contributed by atoms with E-state index < -0.39 is 4.92 Å². The Labute approximate surface area is 125 Å². The Morgan fingerprint density at radius 3 is 2.73 bits per heavy atom. The summed E-state index contributed by atoms with van der Waals surface area (Å²) in [5, 5.41) is 15.6. The van der Waals surface area contributed by atoms with Gasteiger partial charge in [0.25, 0.3) is 5.69 Å². The van der Waals surface area contributed by atoms with E-state index in [-0.39, 0.29) is 5.69 Å². The van der Waals surface area contributed by atoms with E-state index in [4.69, 9.17) is 4.74 Å². The molecule has 22 heavy (non-hydrogen) atoms. The summed E-state index contributed by atoms with van der Waals surface area (Å²) in [7, 11) is 1.60. The van der Waals surface area contributed by atoms with E-state index in [1.807, 2.05) is 24.3 Å². The van der Waals surface area contributed by atoms with Crippen molar-refractivity contribution in [3.8, 4) is 5.75 Å². The number of methoxy groups -OCH3 is 1. The number of hydrogen-bond donors (Lipinski definition) is 1. The van der Waals surface area contributed by atoms with Gasteiger partial charge in [0.15, 0.2) is 0 Å². The highest BCUT2D eigenvalue weighted by atomic mass is 16.6. The normalized spacial score (nSPS) is 10.4. The van der Waals surface area contributed by atoms with Crippen molar-refractivity contribution in [2.24, 2.45) is 0 Å². The molecule has 0 bridgehead atoms. The van der Waals surface area contributed by atoms with Gasteiger partial charge in [-0.05, 0) is 29.7 Å². The van der Waals surface area contributed by atoms with E-state index in [1.165, 1.54) is 12.3 Å². The lowest BCUT2D eigenvalue weighted by molar-refractivity contribution is -0.385. The fraction of sp³-hybridized carbons (Fsp3) is 0.0667. The fourth-order valence-electron chi connectivity index (χ4n) is 2.06. The number of hydrogen-bond acceptors (Lipinski definition) is 6. The Bertz CT molecular complexity index is 834. The standard InChI is InChI=1S/C15H12N4O3/c1-22-12-4-2-10-6-7-16-15(13(10)8-12)18-14-5-3-11(9-17-14)19(20)21/h2-9H,1H3,(H,16,17,18). The van der Waals surface area contributed by atoms with Crippen molar-refractivity contribution in [2.45, 2.75) is 0 Å². The molecule has 7 heteroatoms. The molecule has 0 saturated carbocycles. The van der Waals surface area contributed by atoms with Crippen molar-refractivity contribution in [1.29, 1.82) is 0 Å². The molecular weight excluding hydrogens is 284 g/mol. The SMILES string of the molecule is COc1ccc2ccnc(Nc3ccc([N+](=O)[O-])cn3)c2c1. The van der Waals surface area contributed by atoms with E-state index in [9.17, 15) is 10.1 Å². The first-order valence-electron chi connectivity index (χ1n) is 6.47. The molecule has 0 spiro atoms. The van der Waals surface area contributed by atoms with Crippen LogP contribution >= 0.6 is 0 Å². The van der Waals surface area contributed by atoms with Crippen LogP contribution in [0.5, 0.6) is 5.75 Å². The third-order valence-electron chi connectivity index (χ3n) is 3.18. The first kappa shape index (κ1) is 13.7. The number of ether oxygens (including phenoxy) is 1. The second-order valence-electron chi connectivity index (χ2n) is 4.53. The van der Waals surface area contributed by atoms with Crippen LogP contribution in [-0.4, -0.2) is 22.0 Å². The summed E-state index contributed by atoms with van der Waals surface area (Å²) in [6.45, 7) is 0. The zero-order valence-corrected chi connectivity index (χ0v) is 11.7. The van der Waals surface area contributed by atoms with E-state index in [1.54, 1.807) is 19.4 Å². The summed E-state index contributed by atoms with van der Waals surface area (Å²) in [4.78, 5) is 18.5. The maximum absolute atomic E-state index is 10.6. The number of nitro groups is 1. The maximum atomic E-state index is 10.6. The molecule has 0 aliphatic rings. The zero-order chi connectivity index (χ0) is 15.5. The molecule has 2 aromatic heterocycles. The summed E-state index contributed by atoms with van der Waals surface area (Å²) >= 11 is 0. The van der Waals surface area contributed by atoms with Crippen molar-refractivity contribution in [1.82, 2.24) is 9.97 Å². The van der Waals surface area contributed by atoms with Gasteiger partial charge in [0.1, 0.15) is 23.6 Å². The Morgan fingerprint density at radius 1 is 1.18 bits per heavy atom. The molecule has 0 amide bonds. The van der Waals surface area contributed by atoms with Crippen LogP contribution in [0.25, 0.3) is 10.8 Å². The van der Waals surface area contributed by atoms with Gasteiger partial charge in [0.05, 0.1) is 12.0 Å². The third kappa shape index (κ3) is 2.64. The highest BCUT2D eigenvalue weighted by Gasteiger charge is 2.08. The predicted molar refractivity (Wildman–Crippen MR) is 82.5 cm³/mol. The monoisotopic (exact) mass is 296 g/mol. The van der Waals surface area contributed by atoms with Crippen LogP contribution in [0.2, 0.25) is 0 Å². The molecule has 0 unspecified atom stereocenters. The van der Waals surface area contributed by atoms with Gasteiger partial charge in [-0.3, -0.25) is 10.1 Å². The molecule has 0 aliphatic heterocycles. The maximum Gasteiger partial charge on any atom is 0.287 e. The molecule has 0 atom stereocenters. The first-order chi connectivity index (χ1) is 10.7. The van der Waals surface area contributed by atoms with Gasteiger partial charge in [0, 0.05) is 17.6 Å². The first-order valence-corrected chi connectivity index (χ1v) is 6.47. The van der Waals surface area contributed by atoms with Crippen LogP contribution in [0.3, 0.4) is 0 Å². The van der Waals surface area contributed by atoms with Crippen LogP contribution in [-0.2, 0) is 0 Å². The Morgan fingerprint density at radius 2 is 2.05 bits per heavy atom. The number of fused-ring (bicyclic) bond motifs is 1. The second kappa shape index (κ2) is 5.65. The molecule has 7 nitrogen and oxygen atoms in total. The summed E-state index contributed by atoms with van der Waals surface area (Å²) in [6.07, 6.45) is 2.89. The lowest BCUT2D eigenvalue weighted by Gasteiger charge is -2.09. The molecule has 0 saturated heterocycles. The quantitative estimate of drug-likeness (QED) is 0.587. The largest absolute Gasteiger partial charge is 0.497 e. The van der Waals surface area contributed by atoms with Gasteiger partial charge in [-0.2, -0.15) is 0 Å². The lowest BCUT2D eigenvalue weighted by atomic mass is 10.1. The molecular formula is C15H12N4O3. The van der Waals surface area contributed by atoms with Crippen molar-refractivity contribution >= 4 is 28.1 Å². The van der Waals surface area contributed by atoms with Crippen molar-refractivity contribution < 1.29 is 9.66 Å². The minimum atomic E-state index is -0.488. The molecule has 3 rings (SSSR count). The highest BCUT2D eigenvalue weighted by Crippen LogP contribution is 2.27. The van der Waals surface area contributed by atoms with Crippen molar-refractivity contribution in [3.05, 3.63) is 58.9 Å². The minimum Gasteiger partial charge on any atom is -0.497 e. The molecule has 0 radical (unpaired) electrons. The highest BCUT2D eigenvalue weighted by molar-refractivity contribution is 5.93. The summed E-state index contributed by atoms with van der Waals surface area (Å²) in [5.41, 5.74) is -0.0573. The molecule has 3 aromatic rings. The second-order valence-corrected chi connectivity index (χ2v) is 4.53. The minimum absolute atomic E-state index is 0.0573. The van der Waals surface area contributed by atoms with E-state index in [2.05, 4.69) is 15.3 Å². The van der Waals surface area contributed by atoms with E-state index in [0.29, 0.717) is 11.6 Å². The van der Waals surface area contributed by atoms with Crippen LogP contribution in [0.4, 0.5) is 17.3 Å². The topological polar surface area (TPSA) is 90.2 Å². The van der Waals surface area contributed by atoms with E-state index >= 15 is 0 Å². The number of anilines is 2. The van der Waals surface area contributed by atoms with Gasteiger partial charge in [-0.15, -0.1) is 0 Å². The predicted octanol–water partition coefficient (Wildman–Crippen LogP) is 3.29. The Kier molecular flexibility index (Phi) is 3.53. The molecule has 2 heterocycles. The number of nitrogens with one attached hydrogen (secondary N) is 1. The number of nitrogens with zero attached hydrogens (tertiary/aromatic N) is 3. The van der Waals surface area contributed by atoms with Crippen molar-refractivity contribution in [2.75, 3.05) is 12.4 Å². The summed E-state index contributed by atoms with van der Waals surface area (Å²) < 4.78 is 5.22. The van der Waals surface area contributed by atoms with Gasteiger partial charge < -0.3 is 10.1 Å². The van der Waals surface area contributed by atoms with Crippen LogP contribution < -0.4 is 10.1 Å². The average Bonchev–Trinajstić information content (AvgIpc) is 2.55. The molecule has 0 fully saturated rings. The van der Waals surface area contributed by atoms with Crippen LogP contribution in [0.15, 0.2) is 48.8 Å². The third-order valence-corrected chi connectivity index (χ3v) is 3.18. The molecule has 0 aliphatic carbocycles. The van der Waals surface area contributed by atoms with Crippen LogP contribution in [0, 0.1) is 10.1 Å². The van der Waals surface area contributed by atoms with Gasteiger partial charge >= 0.3 is 0 Å². The Balaban J connectivity index is 1.97. The van der Waals surface area contributed by atoms with Gasteiger partial charge in [-0.1, -0.05) is 6.07 Å².